The molecule has 1 aliphatic rings. The number of fused-ring (bicyclic) bond motifs is 4. The lowest BCUT2D eigenvalue weighted by Crippen LogP contribution is -2.29. The second-order valence-corrected chi connectivity index (χ2v) is 7.57. The summed E-state index contributed by atoms with van der Waals surface area (Å²) in [5.41, 5.74) is -1.20. The predicted molar refractivity (Wildman–Crippen MR) is 115 cm³/mol. The number of hydrogen-bond acceptors (Lipinski definition) is 4. The molecule has 2 aromatic rings. The van der Waals surface area contributed by atoms with Crippen LogP contribution in [0, 0.1) is 0 Å². The van der Waals surface area contributed by atoms with Crippen molar-refractivity contribution < 1.29 is 19.7 Å². The van der Waals surface area contributed by atoms with Gasteiger partial charge >= 0.3 is 0 Å². The fourth-order valence-electron chi connectivity index (χ4n) is 3.58. The minimum Gasteiger partial charge on any atom is -0.494 e. The van der Waals surface area contributed by atoms with Gasteiger partial charge in [0.05, 0.1) is 13.2 Å². The SMILES string of the molecule is C=CC1(O)CCC(O)(C=C)c2cccc(c2)OCCCCCOc2cccc1c2. The molecule has 29 heavy (non-hydrogen) atoms. The first kappa shape index (κ1) is 21.2. The highest BCUT2D eigenvalue weighted by atomic mass is 16.5. The molecule has 1 heterocycles. The van der Waals surface area contributed by atoms with Gasteiger partial charge in [-0.15, -0.1) is 0 Å². The van der Waals surface area contributed by atoms with Crippen molar-refractivity contribution in [1.29, 1.82) is 0 Å². The van der Waals surface area contributed by atoms with Crippen molar-refractivity contribution in [3.8, 4) is 11.5 Å². The average Bonchev–Trinajstić information content (AvgIpc) is 2.76. The third-order valence-electron chi connectivity index (χ3n) is 5.56. The monoisotopic (exact) mass is 394 g/mol. The van der Waals surface area contributed by atoms with Crippen LogP contribution in [0.4, 0.5) is 0 Å². The second kappa shape index (κ2) is 9.29. The maximum absolute atomic E-state index is 11.3. The van der Waals surface area contributed by atoms with Crippen LogP contribution in [0.2, 0.25) is 0 Å². The summed E-state index contributed by atoms with van der Waals surface area (Å²) < 4.78 is 11.7. The van der Waals surface area contributed by atoms with Gasteiger partial charge in [0.1, 0.15) is 22.7 Å². The van der Waals surface area contributed by atoms with E-state index >= 15 is 0 Å². The zero-order valence-corrected chi connectivity index (χ0v) is 16.8. The van der Waals surface area contributed by atoms with Crippen molar-refractivity contribution in [2.24, 2.45) is 0 Å². The maximum atomic E-state index is 11.3. The normalized spacial score (nSPS) is 25.7. The number of benzene rings is 2. The molecule has 4 heteroatoms. The minimum absolute atomic E-state index is 0.271. The zero-order valence-electron chi connectivity index (χ0n) is 16.8. The standard InChI is InChI=1S/C25H30O4/c1-3-24(26)14-15-25(27,4-2)21-11-9-13-23(19-21)29-17-7-5-6-16-28-22-12-8-10-20(24)18-22/h3-4,8-13,18-19,26-27H,1-2,5-7,14-17H2. The summed E-state index contributed by atoms with van der Waals surface area (Å²) in [6.07, 6.45) is 6.42. The van der Waals surface area contributed by atoms with Crippen LogP contribution < -0.4 is 9.47 Å². The Labute approximate surface area is 173 Å². The van der Waals surface area contributed by atoms with Gasteiger partial charge in [0.25, 0.3) is 0 Å². The molecule has 0 spiro atoms. The predicted octanol–water partition coefficient (Wildman–Crippen LogP) is 4.86. The highest BCUT2D eigenvalue weighted by molar-refractivity contribution is 5.37. The van der Waals surface area contributed by atoms with Gasteiger partial charge in [0.15, 0.2) is 0 Å². The summed E-state index contributed by atoms with van der Waals surface area (Å²) in [5.74, 6) is 1.43. The molecule has 0 saturated heterocycles. The summed E-state index contributed by atoms with van der Waals surface area (Å²) in [5, 5.41) is 22.5. The first-order valence-electron chi connectivity index (χ1n) is 10.2. The van der Waals surface area contributed by atoms with Crippen LogP contribution in [0.25, 0.3) is 0 Å². The number of aliphatic hydroxyl groups is 2. The number of ether oxygens (including phenoxy) is 2. The van der Waals surface area contributed by atoms with Crippen molar-refractivity contribution in [3.63, 3.8) is 0 Å². The first-order valence-corrected chi connectivity index (χ1v) is 10.2. The molecule has 3 rings (SSSR count). The molecule has 0 saturated carbocycles. The molecule has 2 atom stereocenters. The van der Waals surface area contributed by atoms with E-state index in [-0.39, 0.29) is 12.8 Å². The van der Waals surface area contributed by atoms with E-state index in [2.05, 4.69) is 13.2 Å². The summed E-state index contributed by atoms with van der Waals surface area (Å²) in [7, 11) is 0. The largest absolute Gasteiger partial charge is 0.494 e. The van der Waals surface area contributed by atoms with Crippen LogP contribution in [0.15, 0.2) is 73.8 Å². The molecule has 0 radical (unpaired) electrons. The Kier molecular flexibility index (Phi) is 6.78. The molecule has 0 amide bonds. The minimum atomic E-state index is -1.29. The van der Waals surface area contributed by atoms with E-state index in [4.69, 9.17) is 9.47 Å². The molecule has 1 aliphatic heterocycles. The van der Waals surface area contributed by atoms with E-state index in [1.807, 2.05) is 48.5 Å². The van der Waals surface area contributed by atoms with Crippen molar-refractivity contribution in [2.45, 2.75) is 43.3 Å². The molecule has 154 valence electrons. The topological polar surface area (TPSA) is 58.9 Å². The van der Waals surface area contributed by atoms with Gasteiger partial charge in [-0.25, -0.2) is 0 Å². The maximum Gasteiger partial charge on any atom is 0.119 e. The van der Waals surface area contributed by atoms with Gasteiger partial charge in [-0.3, -0.25) is 0 Å². The summed E-state index contributed by atoms with van der Waals surface area (Å²) in [6.45, 7) is 8.89. The Morgan fingerprint density at radius 2 is 1.17 bits per heavy atom. The Bertz CT molecular complexity index is 777. The van der Waals surface area contributed by atoms with Gasteiger partial charge in [0.2, 0.25) is 0 Å². The quantitative estimate of drug-likeness (QED) is 0.715. The lowest BCUT2D eigenvalue weighted by atomic mass is 9.81. The van der Waals surface area contributed by atoms with E-state index in [9.17, 15) is 10.2 Å². The van der Waals surface area contributed by atoms with Crippen LogP contribution in [0.5, 0.6) is 11.5 Å². The van der Waals surface area contributed by atoms with Crippen LogP contribution >= 0.6 is 0 Å². The van der Waals surface area contributed by atoms with E-state index in [1.54, 1.807) is 0 Å². The van der Waals surface area contributed by atoms with Gasteiger partial charge in [-0.2, -0.15) is 0 Å². The van der Waals surface area contributed by atoms with Gasteiger partial charge < -0.3 is 19.7 Å². The van der Waals surface area contributed by atoms with Crippen LogP contribution in [0.1, 0.15) is 43.2 Å². The smallest absolute Gasteiger partial charge is 0.119 e. The molecule has 2 N–H and O–H groups in total. The Balaban J connectivity index is 1.95. The van der Waals surface area contributed by atoms with Crippen LogP contribution in [-0.2, 0) is 11.2 Å². The van der Waals surface area contributed by atoms with E-state index < -0.39 is 11.2 Å². The summed E-state index contributed by atoms with van der Waals surface area (Å²) in [6, 6.07) is 14.9. The second-order valence-electron chi connectivity index (χ2n) is 7.57. The molecule has 4 bridgehead atoms. The number of hydrogen-bond donors (Lipinski definition) is 2. The summed E-state index contributed by atoms with van der Waals surface area (Å²) in [4.78, 5) is 0. The molecule has 0 fully saturated rings. The lowest BCUT2D eigenvalue weighted by Gasteiger charge is -2.31. The highest BCUT2D eigenvalue weighted by Gasteiger charge is 2.33. The Morgan fingerprint density at radius 1 is 0.724 bits per heavy atom. The Hall–Kier alpha value is -2.56. The molecule has 4 nitrogen and oxygen atoms in total. The molecule has 2 unspecified atom stereocenters. The highest BCUT2D eigenvalue weighted by Crippen LogP contribution is 2.37. The summed E-state index contributed by atoms with van der Waals surface area (Å²) >= 11 is 0. The van der Waals surface area contributed by atoms with Gasteiger partial charge in [0, 0.05) is 0 Å². The Morgan fingerprint density at radius 3 is 1.59 bits per heavy atom. The average molecular weight is 395 g/mol. The van der Waals surface area contributed by atoms with Crippen molar-refractivity contribution >= 4 is 0 Å². The lowest BCUT2D eigenvalue weighted by molar-refractivity contribution is 0.0243. The van der Waals surface area contributed by atoms with E-state index in [0.717, 1.165) is 19.3 Å². The fourth-order valence-corrected chi connectivity index (χ4v) is 3.58. The molecule has 0 aromatic heterocycles. The van der Waals surface area contributed by atoms with Crippen LogP contribution in [-0.4, -0.2) is 23.4 Å². The molecule has 2 aromatic carbocycles. The fraction of sp³-hybridized carbons (Fsp3) is 0.360. The molecule has 0 aliphatic carbocycles. The third kappa shape index (κ3) is 5.08. The number of rotatable bonds is 2. The van der Waals surface area contributed by atoms with Crippen LogP contribution in [0.3, 0.4) is 0 Å². The van der Waals surface area contributed by atoms with E-state index in [1.165, 1.54) is 12.2 Å². The molecular formula is C25H30O4. The van der Waals surface area contributed by atoms with Crippen molar-refractivity contribution in [3.05, 3.63) is 85.0 Å². The van der Waals surface area contributed by atoms with Gasteiger partial charge in [-0.05, 0) is 67.5 Å². The van der Waals surface area contributed by atoms with Crippen molar-refractivity contribution in [2.75, 3.05) is 13.2 Å². The van der Waals surface area contributed by atoms with Gasteiger partial charge in [-0.1, -0.05) is 49.6 Å². The third-order valence-corrected chi connectivity index (χ3v) is 5.56. The van der Waals surface area contributed by atoms with Crippen molar-refractivity contribution in [1.82, 2.24) is 0 Å². The zero-order chi connectivity index (χ0) is 20.7. The van der Waals surface area contributed by atoms with E-state index in [0.29, 0.717) is 35.8 Å². The first-order chi connectivity index (χ1) is 14.0. The molecular weight excluding hydrogens is 364 g/mol.